The molecule has 0 saturated carbocycles. The van der Waals surface area contributed by atoms with Gasteiger partial charge in [0.15, 0.2) is 0 Å². The van der Waals surface area contributed by atoms with Crippen LogP contribution in [0.25, 0.3) is 0 Å². The molecule has 2 amide bonds. The minimum absolute atomic E-state index is 0.110. The molecule has 0 aliphatic rings. The smallest absolute Gasteiger partial charge is 0.408 e. The number of unbranched alkanes of at least 4 members (excludes halogenated alkanes) is 4. The van der Waals surface area contributed by atoms with E-state index in [0.717, 1.165) is 37.7 Å². The van der Waals surface area contributed by atoms with Gasteiger partial charge in [0.05, 0.1) is 7.11 Å². The van der Waals surface area contributed by atoms with Crippen LogP contribution in [-0.4, -0.2) is 37.2 Å². The maximum absolute atomic E-state index is 12.9. The van der Waals surface area contributed by atoms with Gasteiger partial charge in [-0.1, -0.05) is 69.5 Å². The maximum Gasteiger partial charge on any atom is 0.408 e. The summed E-state index contributed by atoms with van der Waals surface area (Å²) in [4.78, 5) is 37.3. The molecule has 0 aliphatic carbocycles. The zero-order valence-corrected chi connectivity index (χ0v) is 19.6. The van der Waals surface area contributed by atoms with E-state index in [1.165, 1.54) is 7.11 Å². The van der Waals surface area contributed by atoms with E-state index in [2.05, 4.69) is 17.2 Å². The summed E-state index contributed by atoms with van der Waals surface area (Å²) >= 11 is 0. The Hall–Kier alpha value is -2.83. The average molecular weight is 447 g/mol. The van der Waals surface area contributed by atoms with Crippen molar-refractivity contribution in [2.75, 3.05) is 7.11 Å². The second-order valence-corrected chi connectivity index (χ2v) is 8.25. The number of allylic oxidation sites excluding steroid dienone is 1. The van der Waals surface area contributed by atoms with Crippen LogP contribution < -0.4 is 10.6 Å². The van der Waals surface area contributed by atoms with E-state index in [0.29, 0.717) is 12.8 Å². The summed E-state index contributed by atoms with van der Waals surface area (Å²) in [7, 11) is 1.30. The zero-order chi connectivity index (χ0) is 23.8. The standard InChI is InChI=1S/C25H38N2O5/c1-5-6-7-8-9-13-16-21(24(29)31-4)26-23(28)22(17-19(2)3)27-25(30)32-18-20-14-11-10-12-15-20/h5,10-12,14-15,19,21-22H,1,6-9,13,16-18H2,2-4H3,(H,26,28)(H,27,30)/t21-,22-/m0/s1. The summed E-state index contributed by atoms with van der Waals surface area (Å²) in [6.07, 6.45) is 6.94. The minimum Gasteiger partial charge on any atom is -0.467 e. The number of nitrogens with one attached hydrogen (secondary N) is 2. The molecule has 0 aliphatic heterocycles. The number of hydrogen-bond donors (Lipinski definition) is 2. The molecule has 1 aromatic rings. The molecule has 0 saturated heterocycles. The molecular formula is C25H38N2O5. The molecule has 1 rings (SSSR count). The Bertz CT molecular complexity index is 706. The molecule has 0 bridgehead atoms. The number of carbonyl (C=O) groups is 3. The van der Waals surface area contributed by atoms with Gasteiger partial charge in [-0.2, -0.15) is 0 Å². The van der Waals surface area contributed by atoms with Gasteiger partial charge >= 0.3 is 12.1 Å². The van der Waals surface area contributed by atoms with Gasteiger partial charge in [-0.3, -0.25) is 4.79 Å². The number of methoxy groups -OCH3 is 1. The normalized spacial score (nSPS) is 12.5. The van der Waals surface area contributed by atoms with Crippen molar-refractivity contribution in [3.63, 3.8) is 0 Å². The number of carbonyl (C=O) groups excluding carboxylic acids is 3. The number of amides is 2. The lowest BCUT2D eigenvalue weighted by Crippen LogP contribution is -2.52. The molecule has 0 heterocycles. The molecule has 0 fully saturated rings. The van der Waals surface area contributed by atoms with Crippen molar-refractivity contribution in [2.24, 2.45) is 5.92 Å². The van der Waals surface area contributed by atoms with Gasteiger partial charge in [-0.15, -0.1) is 6.58 Å². The highest BCUT2D eigenvalue weighted by Crippen LogP contribution is 2.11. The molecule has 0 spiro atoms. The molecule has 1 aromatic carbocycles. The lowest BCUT2D eigenvalue weighted by molar-refractivity contribution is -0.145. The third kappa shape index (κ3) is 11.5. The molecule has 2 atom stereocenters. The highest BCUT2D eigenvalue weighted by atomic mass is 16.5. The molecule has 2 N–H and O–H groups in total. The summed E-state index contributed by atoms with van der Waals surface area (Å²) < 4.78 is 10.1. The second-order valence-electron chi connectivity index (χ2n) is 8.25. The van der Waals surface area contributed by atoms with Crippen LogP contribution in [0.2, 0.25) is 0 Å². The highest BCUT2D eigenvalue weighted by molar-refractivity contribution is 5.89. The predicted octanol–water partition coefficient (Wildman–Crippen LogP) is 4.51. The van der Waals surface area contributed by atoms with Crippen LogP contribution in [0.5, 0.6) is 0 Å². The third-order valence-corrected chi connectivity index (χ3v) is 4.98. The van der Waals surface area contributed by atoms with E-state index >= 15 is 0 Å². The SMILES string of the molecule is C=CCCCCCC[C@H](NC(=O)[C@H](CC(C)C)NC(=O)OCc1ccccc1)C(=O)OC. The van der Waals surface area contributed by atoms with Crippen LogP contribution in [0.4, 0.5) is 4.79 Å². The summed E-state index contributed by atoms with van der Waals surface area (Å²) in [5.74, 6) is -0.751. The van der Waals surface area contributed by atoms with Gasteiger partial charge in [-0.05, 0) is 37.2 Å². The van der Waals surface area contributed by atoms with Crippen LogP contribution >= 0.6 is 0 Å². The Morgan fingerprint density at radius 3 is 2.31 bits per heavy atom. The van der Waals surface area contributed by atoms with Crippen molar-refractivity contribution >= 4 is 18.0 Å². The van der Waals surface area contributed by atoms with Gasteiger partial charge in [0.2, 0.25) is 5.91 Å². The van der Waals surface area contributed by atoms with Gasteiger partial charge in [-0.25, -0.2) is 9.59 Å². The molecular weight excluding hydrogens is 408 g/mol. The number of rotatable bonds is 15. The Labute approximate surface area is 191 Å². The van der Waals surface area contributed by atoms with Crippen LogP contribution in [-0.2, 0) is 25.7 Å². The van der Waals surface area contributed by atoms with Gasteiger partial charge in [0.1, 0.15) is 18.7 Å². The zero-order valence-electron chi connectivity index (χ0n) is 19.6. The number of benzene rings is 1. The van der Waals surface area contributed by atoms with E-state index in [-0.39, 0.29) is 12.5 Å². The fraction of sp³-hybridized carbons (Fsp3) is 0.560. The second kappa shape index (κ2) is 15.9. The lowest BCUT2D eigenvalue weighted by atomic mass is 10.0. The van der Waals surface area contributed by atoms with Crippen molar-refractivity contribution < 1.29 is 23.9 Å². The first-order valence-electron chi connectivity index (χ1n) is 11.3. The van der Waals surface area contributed by atoms with Crippen LogP contribution in [0, 0.1) is 5.92 Å². The van der Waals surface area contributed by atoms with Gasteiger partial charge < -0.3 is 20.1 Å². The van der Waals surface area contributed by atoms with E-state index in [9.17, 15) is 14.4 Å². The molecule has 178 valence electrons. The molecule has 7 nitrogen and oxygen atoms in total. The first-order chi connectivity index (χ1) is 15.4. The van der Waals surface area contributed by atoms with Crippen LogP contribution in [0.3, 0.4) is 0 Å². The molecule has 0 radical (unpaired) electrons. The highest BCUT2D eigenvalue weighted by Gasteiger charge is 2.28. The van der Waals surface area contributed by atoms with Crippen LogP contribution in [0.15, 0.2) is 43.0 Å². The van der Waals surface area contributed by atoms with Crippen molar-refractivity contribution in [3.05, 3.63) is 48.6 Å². The van der Waals surface area contributed by atoms with E-state index < -0.39 is 30.1 Å². The quantitative estimate of drug-likeness (QED) is 0.235. The Morgan fingerprint density at radius 2 is 1.69 bits per heavy atom. The summed E-state index contributed by atoms with van der Waals surface area (Å²) in [6.45, 7) is 7.73. The Kier molecular flexibility index (Phi) is 13.5. The third-order valence-electron chi connectivity index (χ3n) is 4.98. The average Bonchev–Trinajstić information content (AvgIpc) is 2.78. The molecule has 0 aromatic heterocycles. The van der Waals surface area contributed by atoms with E-state index in [1.54, 1.807) is 0 Å². The van der Waals surface area contributed by atoms with E-state index in [1.807, 2.05) is 50.3 Å². The van der Waals surface area contributed by atoms with Gasteiger partial charge in [0, 0.05) is 0 Å². The number of esters is 1. The van der Waals surface area contributed by atoms with Crippen molar-refractivity contribution in [3.8, 4) is 0 Å². The Balaban J connectivity index is 2.63. The maximum atomic E-state index is 12.9. The summed E-state index contributed by atoms with van der Waals surface area (Å²) in [5, 5.41) is 5.39. The molecule has 0 unspecified atom stereocenters. The molecule has 7 heteroatoms. The fourth-order valence-corrected chi connectivity index (χ4v) is 3.26. The number of alkyl carbamates (subject to hydrolysis) is 1. The molecule has 32 heavy (non-hydrogen) atoms. The van der Waals surface area contributed by atoms with E-state index in [4.69, 9.17) is 9.47 Å². The van der Waals surface area contributed by atoms with Crippen LogP contribution in [0.1, 0.15) is 64.4 Å². The van der Waals surface area contributed by atoms with Crippen molar-refractivity contribution in [2.45, 2.75) is 77.5 Å². The van der Waals surface area contributed by atoms with Crippen molar-refractivity contribution in [1.82, 2.24) is 10.6 Å². The first kappa shape index (κ1) is 27.2. The lowest BCUT2D eigenvalue weighted by Gasteiger charge is -2.23. The number of hydrogen-bond acceptors (Lipinski definition) is 5. The fourth-order valence-electron chi connectivity index (χ4n) is 3.26. The minimum atomic E-state index is -0.807. The Morgan fingerprint density at radius 1 is 1.00 bits per heavy atom. The summed E-state index contributed by atoms with van der Waals surface area (Å²) in [6, 6.07) is 7.75. The predicted molar refractivity (Wildman–Crippen MR) is 125 cm³/mol. The topological polar surface area (TPSA) is 93.7 Å². The first-order valence-corrected chi connectivity index (χ1v) is 11.3. The van der Waals surface area contributed by atoms with Crippen molar-refractivity contribution in [1.29, 1.82) is 0 Å². The summed E-state index contributed by atoms with van der Waals surface area (Å²) in [5.41, 5.74) is 0.853. The monoisotopic (exact) mass is 446 g/mol. The number of ether oxygens (including phenoxy) is 2. The van der Waals surface area contributed by atoms with Gasteiger partial charge in [0.25, 0.3) is 0 Å². The largest absolute Gasteiger partial charge is 0.467 e.